The van der Waals surface area contributed by atoms with E-state index in [9.17, 15) is 4.79 Å². The predicted octanol–water partition coefficient (Wildman–Crippen LogP) is 1.09. The summed E-state index contributed by atoms with van der Waals surface area (Å²) < 4.78 is 11.6. The Morgan fingerprint density at radius 2 is 2.30 bits per heavy atom. The van der Waals surface area contributed by atoms with Gasteiger partial charge in [-0.3, -0.25) is 4.68 Å². The Morgan fingerprint density at radius 1 is 1.50 bits per heavy atom. The number of methoxy groups -OCH3 is 1. The van der Waals surface area contributed by atoms with Crippen molar-refractivity contribution in [1.29, 1.82) is 0 Å². The molecule has 0 amide bonds. The SMILES string of the molecule is CCOC(=O)c1nn(Cc2cccnc2OC)cc1N. The smallest absolute Gasteiger partial charge is 0.361 e. The molecule has 106 valence electrons. The summed E-state index contributed by atoms with van der Waals surface area (Å²) in [6.07, 6.45) is 3.22. The number of pyridine rings is 1. The third-order valence-corrected chi connectivity index (χ3v) is 2.63. The maximum atomic E-state index is 11.6. The molecular formula is C13H16N4O3. The monoisotopic (exact) mass is 276 g/mol. The molecule has 0 fully saturated rings. The number of carbonyl (C=O) groups is 1. The van der Waals surface area contributed by atoms with Gasteiger partial charge in [-0.05, 0) is 13.0 Å². The Labute approximate surface area is 116 Å². The molecule has 7 heteroatoms. The number of rotatable bonds is 5. The summed E-state index contributed by atoms with van der Waals surface area (Å²) in [6.45, 7) is 2.41. The molecule has 2 aromatic heterocycles. The van der Waals surface area contributed by atoms with Crippen LogP contribution in [0.25, 0.3) is 0 Å². The largest absolute Gasteiger partial charge is 0.481 e. The first kappa shape index (κ1) is 13.9. The van der Waals surface area contributed by atoms with E-state index in [0.29, 0.717) is 12.4 Å². The number of nitrogen functional groups attached to an aromatic ring is 1. The van der Waals surface area contributed by atoms with Gasteiger partial charge in [-0.2, -0.15) is 5.10 Å². The lowest BCUT2D eigenvalue weighted by Gasteiger charge is -2.06. The first-order valence-electron chi connectivity index (χ1n) is 6.13. The van der Waals surface area contributed by atoms with Gasteiger partial charge < -0.3 is 15.2 Å². The van der Waals surface area contributed by atoms with Crippen molar-refractivity contribution < 1.29 is 14.3 Å². The zero-order chi connectivity index (χ0) is 14.5. The number of aromatic nitrogens is 3. The molecule has 0 bridgehead atoms. The van der Waals surface area contributed by atoms with E-state index in [-0.39, 0.29) is 18.0 Å². The lowest BCUT2D eigenvalue weighted by molar-refractivity contribution is 0.0519. The Balaban J connectivity index is 2.22. The fourth-order valence-corrected chi connectivity index (χ4v) is 1.78. The molecule has 2 N–H and O–H groups in total. The van der Waals surface area contributed by atoms with E-state index in [1.165, 1.54) is 0 Å². The van der Waals surface area contributed by atoms with E-state index in [4.69, 9.17) is 15.2 Å². The third-order valence-electron chi connectivity index (χ3n) is 2.63. The fraction of sp³-hybridized carbons (Fsp3) is 0.308. The van der Waals surface area contributed by atoms with E-state index in [0.717, 1.165) is 5.56 Å². The van der Waals surface area contributed by atoms with Gasteiger partial charge >= 0.3 is 5.97 Å². The number of carbonyl (C=O) groups excluding carboxylic acids is 1. The number of anilines is 1. The number of nitrogens with zero attached hydrogens (tertiary/aromatic N) is 3. The van der Waals surface area contributed by atoms with Crippen LogP contribution in [0.3, 0.4) is 0 Å². The molecule has 0 saturated heterocycles. The lowest BCUT2D eigenvalue weighted by Crippen LogP contribution is -2.09. The molecule has 0 spiro atoms. The highest BCUT2D eigenvalue weighted by Gasteiger charge is 2.16. The van der Waals surface area contributed by atoms with E-state index in [1.54, 1.807) is 37.2 Å². The average Bonchev–Trinajstić information content (AvgIpc) is 2.80. The van der Waals surface area contributed by atoms with Crippen LogP contribution < -0.4 is 10.5 Å². The predicted molar refractivity (Wildman–Crippen MR) is 72.5 cm³/mol. The van der Waals surface area contributed by atoms with Crippen molar-refractivity contribution in [2.75, 3.05) is 19.5 Å². The highest BCUT2D eigenvalue weighted by atomic mass is 16.5. The molecule has 0 aromatic carbocycles. The molecular weight excluding hydrogens is 260 g/mol. The van der Waals surface area contributed by atoms with Gasteiger partial charge in [0.25, 0.3) is 0 Å². The van der Waals surface area contributed by atoms with Crippen LogP contribution in [-0.2, 0) is 11.3 Å². The van der Waals surface area contributed by atoms with Gasteiger partial charge in [0.2, 0.25) is 5.88 Å². The highest BCUT2D eigenvalue weighted by molar-refractivity contribution is 5.92. The highest BCUT2D eigenvalue weighted by Crippen LogP contribution is 2.17. The Hall–Kier alpha value is -2.57. The first-order valence-corrected chi connectivity index (χ1v) is 6.13. The van der Waals surface area contributed by atoms with Crippen LogP contribution in [0.15, 0.2) is 24.5 Å². The summed E-state index contributed by atoms with van der Waals surface area (Å²) >= 11 is 0. The second-order valence-electron chi connectivity index (χ2n) is 4.02. The minimum atomic E-state index is -0.526. The summed E-state index contributed by atoms with van der Waals surface area (Å²) in [7, 11) is 1.55. The lowest BCUT2D eigenvalue weighted by atomic mass is 10.3. The van der Waals surface area contributed by atoms with Crippen molar-refractivity contribution >= 4 is 11.7 Å². The van der Waals surface area contributed by atoms with Crippen LogP contribution in [0.4, 0.5) is 5.69 Å². The van der Waals surface area contributed by atoms with Crippen LogP contribution in [0.2, 0.25) is 0 Å². The standard InChI is InChI=1S/C13H16N4O3/c1-3-20-13(18)11-10(14)8-17(16-11)7-9-5-4-6-15-12(9)19-2/h4-6,8H,3,7,14H2,1-2H3. The van der Waals surface area contributed by atoms with Gasteiger partial charge in [0.1, 0.15) is 0 Å². The number of nitrogens with two attached hydrogens (primary N) is 1. The zero-order valence-electron chi connectivity index (χ0n) is 11.4. The summed E-state index contributed by atoms with van der Waals surface area (Å²) in [4.78, 5) is 15.7. The van der Waals surface area contributed by atoms with Crippen molar-refractivity contribution in [3.05, 3.63) is 35.8 Å². The molecule has 20 heavy (non-hydrogen) atoms. The molecule has 2 aromatic rings. The second-order valence-corrected chi connectivity index (χ2v) is 4.02. The van der Waals surface area contributed by atoms with E-state index in [2.05, 4.69) is 10.1 Å². The van der Waals surface area contributed by atoms with Gasteiger partial charge in [-0.15, -0.1) is 0 Å². The van der Waals surface area contributed by atoms with Crippen LogP contribution in [0.5, 0.6) is 5.88 Å². The third kappa shape index (κ3) is 2.87. The first-order chi connectivity index (χ1) is 9.65. The van der Waals surface area contributed by atoms with Gasteiger partial charge in [-0.1, -0.05) is 6.07 Å². The Bertz CT molecular complexity index is 609. The van der Waals surface area contributed by atoms with Crippen LogP contribution in [0, 0.1) is 0 Å². The number of esters is 1. The minimum absolute atomic E-state index is 0.120. The van der Waals surface area contributed by atoms with Crippen molar-refractivity contribution in [1.82, 2.24) is 14.8 Å². The quantitative estimate of drug-likeness (QED) is 0.822. The average molecular weight is 276 g/mol. The van der Waals surface area contributed by atoms with E-state index < -0.39 is 5.97 Å². The summed E-state index contributed by atoms with van der Waals surface area (Å²) in [5.74, 6) is -0.0128. The van der Waals surface area contributed by atoms with Crippen molar-refractivity contribution in [2.24, 2.45) is 0 Å². The Kier molecular flexibility index (Phi) is 4.19. The summed E-state index contributed by atoms with van der Waals surface area (Å²) in [6, 6.07) is 3.67. The van der Waals surface area contributed by atoms with Crippen molar-refractivity contribution in [3.63, 3.8) is 0 Å². The molecule has 0 aliphatic heterocycles. The van der Waals surface area contributed by atoms with Crippen LogP contribution in [-0.4, -0.2) is 34.5 Å². The minimum Gasteiger partial charge on any atom is -0.481 e. The fourth-order valence-electron chi connectivity index (χ4n) is 1.78. The molecule has 0 saturated carbocycles. The molecule has 0 atom stereocenters. The molecule has 7 nitrogen and oxygen atoms in total. The summed E-state index contributed by atoms with van der Waals surface area (Å²) in [5.41, 5.74) is 7.01. The zero-order valence-corrected chi connectivity index (χ0v) is 11.4. The normalized spacial score (nSPS) is 10.3. The summed E-state index contributed by atoms with van der Waals surface area (Å²) in [5, 5.41) is 4.13. The molecule has 0 radical (unpaired) electrons. The van der Waals surface area contributed by atoms with Gasteiger partial charge in [0.15, 0.2) is 5.69 Å². The van der Waals surface area contributed by atoms with Crippen molar-refractivity contribution in [2.45, 2.75) is 13.5 Å². The van der Waals surface area contributed by atoms with Gasteiger partial charge in [0, 0.05) is 18.0 Å². The van der Waals surface area contributed by atoms with Crippen molar-refractivity contribution in [3.8, 4) is 5.88 Å². The molecule has 2 rings (SSSR count). The number of hydrogen-bond acceptors (Lipinski definition) is 6. The number of hydrogen-bond donors (Lipinski definition) is 1. The Morgan fingerprint density at radius 3 is 3.00 bits per heavy atom. The molecule has 0 unspecified atom stereocenters. The van der Waals surface area contributed by atoms with Crippen LogP contribution in [0.1, 0.15) is 23.0 Å². The molecule has 0 aliphatic rings. The maximum absolute atomic E-state index is 11.6. The van der Waals surface area contributed by atoms with E-state index in [1.807, 2.05) is 6.07 Å². The van der Waals surface area contributed by atoms with Gasteiger partial charge in [0.05, 0.1) is 25.9 Å². The van der Waals surface area contributed by atoms with Crippen LogP contribution >= 0.6 is 0 Å². The second kappa shape index (κ2) is 6.05. The van der Waals surface area contributed by atoms with E-state index >= 15 is 0 Å². The topological polar surface area (TPSA) is 92.3 Å². The number of ether oxygens (including phenoxy) is 2. The van der Waals surface area contributed by atoms with Gasteiger partial charge in [-0.25, -0.2) is 9.78 Å². The maximum Gasteiger partial charge on any atom is 0.361 e. The molecule has 0 aliphatic carbocycles. The molecule has 2 heterocycles.